The Morgan fingerprint density at radius 2 is 1.96 bits per heavy atom. The number of hydrogen-bond donors (Lipinski definition) is 0. The summed E-state index contributed by atoms with van der Waals surface area (Å²) in [5.74, 6) is -1.09. The van der Waals surface area contributed by atoms with Gasteiger partial charge in [0.05, 0.1) is 32.3 Å². The first-order valence-electron chi connectivity index (χ1n) is 8.19. The van der Waals surface area contributed by atoms with Crippen molar-refractivity contribution in [2.24, 2.45) is 5.92 Å². The molecular formula is C17H23NO6. The summed E-state index contributed by atoms with van der Waals surface area (Å²) in [6.45, 7) is 1.72. The highest BCUT2D eigenvalue weighted by Gasteiger charge is 2.55. The number of methoxy groups -OCH3 is 1. The number of ether oxygens (including phenoxy) is 4. The van der Waals surface area contributed by atoms with Gasteiger partial charge in [0.1, 0.15) is 6.10 Å². The van der Waals surface area contributed by atoms with Crippen LogP contribution < -0.4 is 0 Å². The molecule has 2 fully saturated rings. The molecule has 0 N–H and O–H groups in total. The van der Waals surface area contributed by atoms with Crippen molar-refractivity contribution < 1.29 is 23.9 Å². The van der Waals surface area contributed by atoms with Crippen molar-refractivity contribution in [3.8, 4) is 0 Å². The van der Waals surface area contributed by atoms with E-state index >= 15 is 0 Å². The van der Waals surface area contributed by atoms with Gasteiger partial charge >= 0.3 is 0 Å². The molecule has 1 aliphatic carbocycles. The number of nitro groups is 1. The molecular weight excluding hydrogens is 314 g/mol. The molecule has 0 amide bonds. The normalized spacial score (nSPS) is 29.0. The molecule has 0 unspecified atom stereocenters. The maximum absolute atomic E-state index is 11.6. The van der Waals surface area contributed by atoms with Crippen LogP contribution >= 0.6 is 0 Å². The van der Waals surface area contributed by atoms with Gasteiger partial charge in [-0.1, -0.05) is 30.3 Å². The van der Waals surface area contributed by atoms with Crippen LogP contribution in [0.25, 0.3) is 0 Å². The van der Waals surface area contributed by atoms with Gasteiger partial charge in [0.25, 0.3) is 0 Å². The lowest BCUT2D eigenvalue weighted by Gasteiger charge is -2.41. The maximum Gasteiger partial charge on any atom is 0.244 e. The smallest absolute Gasteiger partial charge is 0.244 e. The third kappa shape index (κ3) is 3.75. The van der Waals surface area contributed by atoms with Gasteiger partial charge in [0.2, 0.25) is 6.04 Å². The van der Waals surface area contributed by atoms with Crippen molar-refractivity contribution in [2.75, 3.05) is 26.9 Å². The number of benzene rings is 1. The van der Waals surface area contributed by atoms with E-state index in [9.17, 15) is 10.1 Å². The van der Waals surface area contributed by atoms with Crippen molar-refractivity contribution in [3.63, 3.8) is 0 Å². The first-order chi connectivity index (χ1) is 11.6. The molecule has 1 heterocycles. The van der Waals surface area contributed by atoms with Crippen LogP contribution in [0.3, 0.4) is 0 Å². The van der Waals surface area contributed by atoms with E-state index in [0.29, 0.717) is 32.7 Å². The molecule has 2 aliphatic rings. The molecule has 1 saturated heterocycles. The fourth-order valence-corrected chi connectivity index (χ4v) is 3.66. The van der Waals surface area contributed by atoms with Crippen LogP contribution in [0.4, 0.5) is 0 Å². The molecule has 1 aromatic rings. The zero-order valence-electron chi connectivity index (χ0n) is 13.8. The van der Waals surface area contributed by atoms with E-state index in [1.807, 2.05) is 30.3 Å². The molecule has 1 saturated carbocycles. The number of hydrogen-bond acceptors (Lipinski definition) is 6. The summed E-state index contributed by atoms with van der Waals surface area (Å²) in [5, 5.41) is 11.6. The molecule has 1 aromatic carbocycles. The van der Waals surface area contributed by atoms with Crippen LogP contribution in [0, 0.1) is 16.0 Å². The Kier molecular flexibility index (Phi) is 5.45. The molecule has 1 aliphatic heterocycles. The van der Waals surface area contributed by atoms with Crippen molar-refractivity contribution in [1.29, 1.82) is 0 Å². The summed E-state index contributed by atoms with van der Waals surface area (Å²) in [6.07, 6.45) is 0.287. The fourth-order valence-electron chi connectivity index (χ4n) is 3.66. The highest BCUT2D eigenvalue weighted by atomic mass is 16.7. The topological polar surface area (TPSA) is 80.1 Å². The van der Waals surface area contributed by atoms with Crippen LogP contribution in [0.2, 0.25) is 0 Å². The van der Waals surface area contributed by atoms with Gasteiger partial charge in [-0.15, -0.1) is 0 Å². The highest BCUT2D eigenvalue weighted by Crippen LogP contribution is 2.41. The van der Waals surface area contributed by atoms with Gasteiger partial charge in [-0.05, 0) is 5.56 Å². The Morgan fingerprint density at radius 3 is 2.58 bits per heavy atom. The van der Waals surface area contributed by atoms with E-state index < -0.39 is 17.9 Å². The Balaban J connectivity index is 1.67. The van der Waals surface area contributed by atoms with E-state index in [1.54, 1.807) is 0 Å². The van der Waals surface area contributed by atoms with Crippen molar-refractivity contribution in [3.05, 3.63) is 46.0 Å². The van der Waals surface area contributed by atoms with Crippen LogP contribution in [-0.4, -0.2) is 49.8 Å². The largest absolute Gasteiger partial charge is 0.376 e. The van der Waals surface area contributed by atoms with Crippen LogP contribution in [0.1, 0.15) is 18.4 Å². The predicted octanol–water partition coefficient (Wildman–Crippen LogP) is 2.02. The van der Waals surface area contributed by atoms with Crippen molar-refractivity contribution >= 4 is 0 Å². The first kappa shape index (κ1) is 17.3. The van der Waals surface area contributed by atoms with Gasteiger partial charge in [-0.2, -0.15) is 0 Å². The molecule has 0 aromatic heterocycles. The van der Waals surface area contributed by atoms with E-state index in [2.05, 4.69) is 0 Å². The molecule has 1 spiro atoms. The Hall–Kier alpha value is -1.54. The van der Waals surface area contributed by atoms with Gasteiger partial charge < -0.3 is 18.9 Å². The average molecular weight is 337 g/mol. The highest BCUT2D eigenvalue weighted by molar-refractivity contribution is 5.13. The van der Waals surface area contributed by atoms with Crippen LogP contribution in [0.15, 0.2) is 30.3 Å². The number of rotatable bonds is 6. The van der Waals surface area contributed by atoms with Crippen molar-refractivity contribution in [1.82, 2.24) is 0 Å². The molecule has 0 radical (unpaired) electrons. The van der Waals surface area contributed by atoms with Gasteiger partial charge in [-0.25, -0.2) is 0 Å². The second-order valence-electron chi connectivity index (χ2n) is 6.33. The summed E-state index contributed by atoms with van der Waals surface area (Å²) < 4.78 is 22.7. The Morgan fingerprint density at radius 1 is 1.25 bits per heavy atom. The quantitative estimate of drug-likeness (QED) is 0.583. The molecule has 24 heavy (non-hydrogen) atoms. The maximum atomic E-state index is 11.6. The van der Waals surface area contributed by atoms with Gasteiger partial charge in [0.15, 0.2) is 5.79 Å². The summed E-state index contributed by atoms with van der Waals surface area (Å²) in [5.41, 5.74) is 1.04. The SMILES string of the molecule is CO[C@@H]1CC2(C[C@@H](COCc3ccccc3)[C@@H]1[N+](=O)[O-])OCCO2. The van der Waals surface area contributed by atoms with Crippen LogP contribution in [-0.2, 0) is 25.6 Å². The summed E-state index contributed by atoms with van der Waals surface area (Å²) in [6, 6.07) is 8.94. The van der Waals surface area contributed by atoms with Crippen LogP contribution in [0.5, 0.6) is 0 Å². The molecule has 3 rings (SSSR count). The molecule has 7 heteroatoms. The zero-order valence-corrected chi connectivity index (χ0v) is 13.8. The van der Waals surface area contributed by atoms with Crippen molar-refractivity contribution in [2.45, 2.75) is 37.4 Å². The average Bonchev–Trinajstić information content (AvgIpc) is 3.02. The summed E-state index contributed by atoms with van der Waals surface area (Å²) in [4.78, 5) is 11.3. The molecule has 3 atom stereocenters. The summed E-state index contributed by atoms with van der Waals surface area (Å²) >= 11 is 0. The van der Waals surface area contributed by atoms with Gasteiger partial charge in [0, 0.05) is 24.9 Å². The zero-order chi connectivity index (χ0) is 17.0. The molecule has 0 bridgehead atoms. The lowest BCUT2D eigenvalue weighted by atomic mass is 9.79. The summed E-state index contributed by atoms with van der Waals surface area (Å²) in [7, 11) is 1.50. The second kappa shape index (κ2) is 7.57. The third-order valence-electron chi connectivity index (χ3n) is 4.75. The number of nitrogens with zero attached hydrogens (tertiary/aromatic N) is 1. The monoisotopic (exact) mass is 337 g/mol. The minimum Gasteiger partial charge on any atom is -0.376 e. The lowest BCUT2D eigenvalue weighted by Crippen LogP contribution is -2.55. The van der Waals surface area contributed by atoms with E-state index in [-0.39, 0.29) is 17.4 Å². The molecule has 132 valence electrons. The second-order valence-corrected chi connectivity index (χ2v) is 6.33. The third-order valence-corrected chi connectivity index (χ3v) is 4.75. The van der Waals surface area contributed by atoms with E-state index in [0.717, 1.165) is 5.56 Å². The Bertz CT molecular complexity index is 545. The lowest BCUT2D eigenvalue weighted by molar-refractivity contribution is -0.554. The predicted molar refractivity (Wildman–Crippen MR) is 85.0 cm³/mol. The van der Waals surface area contributed by atoms with Gasteiger partial charge in [-0.3, -0.25) is 10.1 Å². The fraction of sp³-hybridized carbons (Fsp3) is 0.647. The standard InChI is InChI=1S/C17H23NO6/c1-21-15-10-17(23-7-8-24-17)9-14(16(15)18(19)20)12-22-11-13-5-3-2-4-6-13/h2-6,14-16H,7-12H2,1H3/t14-,15+,16-/m0/s1. The minimum atomic E-state index is -0.816. The van der Waals surface area contributed by atoms with E-state index in [1.165, 1.54) is 7.11 Å². The van der Waals surface area contributed by atoms with E-state index in [4.69, 9.17) is 18.9 Å². The minimum absolute atomic E-state index is 0.257. The first-order valence-corrected chi connectivity index (χ1v) is 8.19. The Labute approximate surface area is 141 Å². The molecule has 7 nitrogen and oxygen atoms in total.